The molecule has 0 N–H and O–H groups in total. The van der Waals surface area contributed by atoms with Crippen LogP contribution in [-0.4, -0.2) is 11.4 Å². The molecule has 0 amide bonds. The molecule has 0 spiro atoms. The molecule has 0 atom stereocenters. The van der Waals surface area contributed by atoms with Crippen molar-refractivity contribution >= 4 is 22.6 Å². The van der Waals surface area contributed by atoms with Crippen molar-refractivity contribution < 1.29 is 19.5 Å². The molecule has 2 aliphatic heterocycles. The molecule has 0 saturated carbocycles. The van der Waals surface area contributed by atoms with Crippen molar-refractivity contribution in [1.82, 2.24) is 9.97 Å². The summed E-state index contributed by atoms with van der Waals surface area (Å²) in [7, 11) is 0. The molecule has 4 aromatic rings. The molecule has 224 valence electrons. The van der Waals surface area contributed by atoms with Crippen LogP contribution in [0.4, 0.5) is 0 Å². The Morgan fingerprint density at radius 3 is 1.04 bits per heavy atom. The number of nitrogens with zero attached hydrogens (tertiary/aromatic N) is 4. The van der Waals surface area contributed by atoms with Crippen LogP contribution in [0.2, 0.25) is 0 Å². The summed E-state index contributed by atoms with van der Waals surface area (Å²) in [6, 6.07) is 17.2. The molecular weight excluding hydrogens is 602 g/mol. The van der Waals surface area contributed by atoms with Crippen molar-refractivity contribution in [3.8, 4) is 0 Å². The molecule has 2 aromatic carbocycles. The van der Waals surface area contributed by atoms with Crippen LogP contribution >= 0.6 is 0 Å². The Morgan fingerprint density at radius 2 is 0.800 bits per heavy atom. The van der Waals surface area contributed by atoms with E-state index in [9.17, 15) is 0 Å². The third-order valence-corrected chi connectivity index (χ3v) is 8.00. The van der Waals surface area contributed by atoms with E-state index >= 15 is 0 Å². The van der Waals surface area contributed by atoms with Gasteiger partial charge >= 0.3 is 19.5 Å². The van der Waals surface area contributed by atoms with Crippen LogP contribution < -0.4 is 9.97 Å². The molecular formula is C40H42N4Zn. The number of benzene rings is 2. The van der Waals surface area contributed by atoms with Crippen LogP contribution in [0.25, 0.3) is 11.1 Å². The third kappa shape index (κ3) is 7.43. The van der Waals surface area contributed by atoms with Gasteiger partial charge in [-0.3, -0.25) is 9.98 Å². The molecule has 0 fully saturated rings. The molecule has 45 heavy (non-hydrogen) atoms. The van der Waals surface area contributed by atoms with Crippen LogP contribution in [0.5, 0.6) is 0 Å². The summed E-state index contributed by atoms with van der Waals surface area (Å²) in [5, 5.41) is 0. The second-order valence-corrected chi connectivity index (χ2v) is 12.2. The smallest absolute Gasteiger partial charge is 0.661 e. The molecule has 4 nitrogen and oxygen atoms in total. The van der Waals surface area contributed by atoms with Crippen LogP contribution in [0.1, 0.15) is 81.1 Å². The first kappa shape index (κ1) is 33.8. The van der Waals surface area contributed by atoms with Gasteiger partial charge in [0, 0.05) is 11.4 Å². The Hall–Kier alpha value is -4.08. The van der Waals surface area contributed by atoms with Crippen LogP contribution in [0, 0.1) is 55.4 Å². The predicted molar refractivity (Wildman–Crippen MR) is 187 cm³/mol. The number of aryl methyl sites for hydroxylation is 8. The van der Waals surface area contributed by atoms with E-state index in [1.807, 2.05) is 27.7 Å². The van der Waals surface area contributed by atoms with E-state index in [0.29, 0.717) is 0 Å². The molecule has 6 rings (SSSR count). The number of rotatable bonds is 4. The van der Waals surface area contributed by atoms with Gasteiger partial charge in [-0.25, -0.2) is 0 Å². The minimum atomic E-state index is 0. The maximum absolute atomic E-state index is 4.70. The van der Waals surface area contributed by atoms with E-state index in [-0.39, 0.29) is 19.5 Å². The van der Waals surface area contributed by atoms with Crippen molar-refractivity contribution in [2.45, 2.75) is 69.2 Å². The van der Waals surface area contributed by atoms with E-state index < -0.39 is 0 Å². The van der Waals surface area contributed by atoms with Gasteiger partial charge in [0.1, 0.15) is 0 Å². The van der Waals surface area contributed by atoms with Gasteiger partial charge in [0.2, 0.25) is 0 Å². The van der Waals surface area contributed by atoms with E-state index in [0.717, 1.165) is 56.7 Å². The summed E-state index contributed by atoms with van der Waals surface area (Å²) in [5.41, 5.74) is 20.6. The summed E-state index contributed by atoms with van der Waals surface area (Å²) in [6.07, 6.45) is 8.30. The third-order valence-electron chi connectivity index (χ3n) is 8.00. The fourth-order valence-electron chi connectivity index (χ4n) is 6.34. The molecule has 0 unspecified atom stereocenters. The van der Waals surface area contributed by atoms with E-state index in [1.54, 1.807) is 0 Å². The normalized spacial score (nSPS) is 15.8. The SMILES string of the molecule is CC1=N/C(=C(\c2ccc(C)[n-]2)c2c(C)cc(C)cc2C)C=C1.CC1=N/C(=C(\c2ccc(C)[n-]2)c2c(C)cc(C)cc2C)C=C1.[Zn+2]. The molecule has 2 aromatic heterocycles. The number of allylic oxidation sites excluding steroid dienone is 4. The van der Waals surface area contributed by atoms with Crippen LogP contribution in [-0.2, 0) is 19.5 Å². The van der Waals surface area contributed by atoms with Crippen LogP contribution in [0.3, 0.4) is 0 Å². The van der Waals surface area contributed by atoms with Crippen molar-refractivity contribution in [3.63, 3.8) is 0 Å². The summed E-state index contributed by atoms with van der Waals surface area (Å²) >= 11 is 0. The van der Waals surface area contributed by atoms with Gasteiger partial charge in [0.15, 0.2) is 0 Å². The molecule has 0 bridgehead atoms. The zero-order valence-electron chi connectivity index (χ0n) is 28.4. The molecule has 0 aliphatic carbocycles. The predicted octanol–water partition coefficient (Wildman–Crippen LogP) is 9.33. The van der Waals surface area contributed by atoms with Crippen molar-refractivity contribution in [1.29, 1.82) is 0 Å². The first-order valence-electron chi connectivity index (χ1n) is 15.2. The first-order chi connectivity index (χ1) is 20.9. The van der Waals surface area contributed by atoms with Gasteiger partial charge in [-0.05, 0) is 124 Å². The van der Waals surface area contributed by atoms with Crippen molar-refractivity contribution in [2.24, 2.45) is 9.98 Å². The number of hydrogen-bond donors (Lipinski definition) is 0. The Bertz CT molecular complexity index is 1760. The summed E-state index contributed by atoms with van der Waals surface area (Å²) in [6.45, 7) is 21.1. The molecule has 5 heteroatoms. The second-order valence-electron chi connectivity index (χ2n) is 12.2. The largest absolute Gasteiger partial charge is 2.00 e. The zero-order chi connectivity index (χ0) is 31.7. The Morgan fingerprint density at radius 1 is 0.467 bits per heavy atom. The maximum atomic E-state index is 4.70. The van der Waals surface area contributed by atoms with E-state index in [4.69, 9.17) is 20.0 Å². The average Bonchev–Trinajstić information content (AvgIpc) is 3.74. The van der Waals surface area contributed by atoms with E-state index in [2.05, 4.69) is 114 Å². The average molecular weight is 644 g/mol. The molecule has 0 radical (unpaired) electrons. The number of hydrogen-bond acceptors (Lipinski definition) is 2. The number of aliphatic imine (C=N–C) groups is 2. The Balaban J connectivity index is 0.000000200. The minimum Gasteiger partial charge on any atom is -0.661 e. The van der Waals surface area contributed by atoms with Gasteiger partial charge in [0.25, 0.3) is 0 Å². The Labute approximate surface area is 281 Å². The van der Waals surface area contributed by atoms with Gasteiger partial charge in [-0.2, -0.15) is 11.4 Å². The molecule has 4 heterocycles. The fourth-order valence-corrected chi connectivity index (χ4v) is 6.34. The maximum Gasteiger partial charge on any atom is 2.00 e. The number of aromatic nitrogens is 2. The van der Waals surface area contributed by atoms with E-state index in [1.165, 1.54) is 44.5 Å². The monoisotopic (exact) mass is 642 g/mol. The van der Waals surface area contributed by atoms with Gasteiger partial charge in [0.05, 0.1) is 11.4 Å². The molecule has 2 aliphatic rings. The summed E-state index contributed by atoms with van der Waals surface area (Å²) < 4.78 is 0. The standard InChI is InChI=1S/2C20H21N2.Zn/c2*1-12-10-13(2)19(14(3)11-12)20(17-8-6-15(4)21-17)18-9-7-16(5)22-18;/h2*6-11H,1-5H3;/q2*-1;+2/b2*20-17+;. The van der Waals surface area contributed by atoms with Crippen LogP contribution in [0.15, 0.2) is 94.2 Å². The van der Waals surface area contributed by atoms with Gasteiger partial charge in [-0.15, -0.1) is 11.4 Å². The van der Waals surface area contributed by atoms with Crippen molar-refractivity contribution in [2.75, 3.05) is 0 Å². The summed E-state index contributed by atoms with van der Waals surface area (Å²) in [5.74, 6) is 0. The topological polar surface area (TPSA) is 52.9 Å². The molecule has 0 saturated heterocycles. The van der Waals surface area contributed by atoms with Gasteiger partial charge < -0.3 is 9.97 Å². The summed E-state index contributed by atoms with van der Waals surface area (Å²) in [4.78, 5) is 18.8. The van der Waals surface area contributed by atoms with Crippen molar-refractivity contribution in [3.05, 3.63) is 152 Å². The zero-order valence-corrected chi connectivity index (χ0v) is 31.4. The second kappa shape index (κ2) is 13.9. The fraction of sp³-hybridized carbons (Fsp3) is 0.250. The minimum absolute atomic E-state index is 0. The Kier molecular flexibility index (Phi) is 10.5. The first-order valence-corrected chi connectivity index (χ1v) is 15.2. The van der Waals surface area contributed by atoms with Gasteiger partial charge in [-0.1, -0.05) is 73.5 Å². The quantitative estimate of drug-likeness (QED) is 0.208.